The summed E-state index contributed by atoms with van der Waals surface area (Å²) in [5.74, 6) is -1.78. The fraction of sp³-hybridized carbons (Fsp3) is 0.474. The number of ether oxygens (including phenoxy) is 4. The van der Waals surface area contributed by atoms with Gasteiger partial charge >= 0.3 is 17.9 Å². The first kappa shape index (κ1) is 24.8. The quantitative estimate of drug-likeness (QED) is 0.302. The minimum Gasteiger partial charge on any atom is -0.463 e. The van der Waals surface area contributed by atoms with Gasteiger partial charge in [-0.2, -0.15) is 5.26 Å². The number of aliphatic imine (C=N–C) groups is 1. The molecule has 31 heavy (non-hydrogen) atoms. The van der Waals surface area contributed by atoms with Crippen LogP contribution in [-0.4, -0.2) is 66.0 Å². The molecule has 0 amide bonds. The van der Waals surface area contributed by atoms with Crippen molar-refractivity contribution >= 4 is 52.3 Å². The first-order valence-corrected chi connectivity index (χ1v) is 10.6. The summed E-state index contributed by atoms with van der Waals surface area (Å²) in [5.41, 5.74) is -0.755. The molecule has 0 saturated carbocycles. The van der Waals surface area contributed by atoms with E-state index in [9.17, 15) is 19.6 Å². The summed E-state index contributed by atoms with van der Waals surface area (Å²) >= 11 is 4.38. The Morgan fingerprint density at radius 2 is 1.90 bits per heavy atom. The monoisotopic (exact) mass is 513 g/mol. The summed E-state index contributed by atoms with van der Waals surface area (Å²) in [4.78, 5) is 43.3. The second-order valence-corrected chi connectivity index (χ2v) is 8.45. The molecule has 0 aliphatic carbocycles. The molecular weight excluding hydrogens is 494 g/mol. The van der Waals surface area contributed by atoms with Crippen molar-refractivity contribution in [3.63, 3.8) is 0 Å². The van der Waals surface area contributed by atoms with Crippen molar-refractivity contribution in [3.8, 4) is 6.07 Å². The van der Waals surface area contributed by atoms with Gasteiger partial charge in [0.2, 0.25) is 0 Å². The van der Waals surface area contributed by atoms with Crippen LogP contribution in [0, 0.1) is 11.3 Å². The van der Waals surface area contributed by atoms with Gasteiger partial charge in [0.15, 0.2) is 17.9 Å². The van der Waals surface area contributed by atoms with E-state index in [-0.39, 0.29) is 12.3 Å². The maximum atomic E-state index is 11.8. The van der Waals surface area contributed by atoms with Crippen molar-refractivity contribution in [1.29, 1.82) is 5.26 Å². The lowest BCUT2D eigenvalue weighted by molar-refractivity contribution is -0.200. The van der Waals surface area contributed by atoms with Gasteiger partial charge in [-0.05, 0) is 28.7 Å². The fourth-order valence-corrected chi connectivity index (χ4v) is 4.59. The van der Waals surface area contributed by atoms with Gasteiger partial charge in [0.1, 0.15) is 30.3 Å². The maximum Gasteiger partial charge on any atom is 0.303 e. The summed E-state index contributed by atoms with van der Waals surface area (Å²) in [5, 5.41) is 9.38. The third-order valence-corrected chi connectivity index (χ3v) is 5.66. The predicted octanol–water partition coefficient (Wildman–Crippen LogP) is 2.03. The molecule has 2 heterocycles. The molecule has 2 rings (SSSR count). The zero-order valence-electron chi connectivity index (χ0n) is 16.9. The SMILES string of the molecule is C=NC1C(OC(C)=O)[C@@H](Sc2cc(Br)cnc2C#N)OC(COC(C)=O)[C@@H]1OC(C)=O. The minimum atomic E-state index is -1.02. The van der Waals surface area contributed by atoms with Crippen LogP contribution < -0.4 is 0 Å². The van der Waals surface area contributed by atoms with Crippen molar-refractivity contribution in [2.45, 2.75) is 55.5 Å². The van der Waals surface area contributed by atoms with E-state index in [4.69, 9.17) is 18.9 Å². The van der Waals surface area contributed by atoms with Crippen LogP contribution in [-0.2, 0) is 33.3 Å². The van der Waals surface area contributed by atoms with Crippen LogP contribution in [0.3, 0.4) is 0 Å². The highest BCUT2D eigenvalue weighted by Gasteiger charge is 2.50. The van der Waals surface area contributed by atoms with Gasteiger partial charge in [-0.15, -0.1) is 0 Å². The van der Waals surface area contributed by atoms with Gasteiger partial charge in [-0.1, -0.05) is 11.8 Å². The number of esters is 3. The molecule has 1 fully saturated rings. The Labute approximate surface area is 191 Å². The van der Waals surface area contributed by atoms with E-state index in [0.29, 0.717) is 9.37 Å². The van der Waals surface area contributed by atoms with Crippen molar-refractivity contribution in [1.82, 2.24) is 4.98 Å². The number of rotatable bonds is 7. The predicted molar refractivity (Wildman–Crippen MR) is 112 cm³/mol. The summed E-state index contributed by atoms with van der Waals surface area (Å²) in [6, 6.07) is 2.74. The van der Waals surface area contributed by atoms with Crippen molar-refractivity contribution in [2.24, 2.45) is 4.99 Å². The first-order valence-electron chi connectivity index (χ1n) is 8.97. The number of pyridine rings is 1. The molecule has 0 aromatic carbocycles. The standard InChI is InChI=1S/C19H20BrN3O7S/c1-9(24)27-8-14-17(28-10(2)25)16(22-4)18(29-11(3)26)19(30-14)31-15-5-12(20)7-23-13(15)6-21/h5,7,14,16-19H,4,8H2,1-3H3/t14?,16?,17-,18?,19+/m0/s1. The second kappa shape index (κ2) is 11.2. The van der Waals surface area contributed by atoms with Crippen LogP contribution in [0.1, 0.15) is 26.5 Å². The Hall–Kier alpha value is -2.49. The van der Waals surface area contributed by atoms with Gasteiger partial charge in [0.05, 0.1) is 0 Å². The highest BCUT2D eigenvalue weighted by atomic mass is 79.9. The van der Waals surface area contributed by atoms with Crippen molar-refractivity contribution in [2.75, 3.05) is 6.61 Å². The Balaban J connectivity index is 2.45. The van der Waals surface area contributed by atoms with E-state index in [0.717, 1.165) is 11.8 Å². The Bertz CT molecular complexity index is 907. The number of nitriles is 1. The maximum absolute atomic E-state index is 11.8. The molecule has 0 spiro atoms. The average Bonchev–Trinajstić information content (AvgIpc) is 2.68. The van der Waals surface area contributed by atoms with E-state index in [1.165, 1.54) is 27.0 Å². The number of halogens is 1. The average molecular weight is 514 g/mol. The summed E-state index contributed by atoms with van der Waals surface area (Å²) in [6.07, 6.45) is -1.48. The molecule has 0 bridgehead atoms. The normalized spacial score (nSPS) is 25.1. The number of carbonyl (C=O) groups is 3. The van der Waals surface area contributed by atoms with Crippen LogP contribution >= 0.6 is 27.7 Å². The van der Waals surface area contributed by atoms with E-state index in [2.05, 4.69) is 32.6 Å². The Morgan fingerprint density at radius 1 is 1.26 bits per heavy atom. The van der Waals surface area contributed by atoms with E-state index in [1.807, 2.05) is 6.07 Å². The highest BCUT2D eigenvalue weighted by molar-refractivity contribution is 9.10. The topological polar surface area (TPSA) is 137 Å². The van der Waals surface area contributed by atoms with Gasteiger partial charge < -0.3 is 18.9 Å². The number of thioether (sulfide) groups is 1. The molecule has 1 aromatic rings. The summed E-state index contributed by atoms with van der Waals surface area (Å²) < 4.78 is 22.5. The van der Waals surface area contributed by atoms with Crippen molar-refractivity contribution < 1.29 is 33.3 Å². The summed E-state index contributed by atoms with van der Waals surface area (Å²) in [6.45, 7) is 6.96. The molecule has 3 unspecified atom stereocenters. The Kier molecular flexibility index (Phi) is 8.97. The molecule has 1 aliphatic rings. The molecule has 0 N–H and O–H groups in total. The number of carbonyl (C=O) groups excluding carboxylic acids is 3. The molecule has 166 valence electrons. The van der Waals surface area contributed by atoms with Crippen LogP contribution in [0.2, 0.25) is 0 Å². The van der Waals surface area contributed by atoms with Crippen LogP contribution in [0.5, 0.6) is 0 Å². The number of hydrogen-bond donors (Lipinski definition) is 0. The number of nitrogens with zero attached hydrogens (tertiary/aromatic N) is 3. The summed E-state index contributed by atoms with van der Waals surface area (Å²) in [7, 11) is 0. The second-order valence-electron chi connectivity index (χ2n) is 6.40. The molecule has 1 aliphatic heterocycles. The third-order valence-electron chi connectivity index (χ3n) is 4.05. The van der Waals surface area contributed by atoms with Gasteiger partial charge in [-0.25, -0.2) is 4.98 Å². The van der Waals surface area contributed by atoms with Crippen molar-refractivity contribution in [3.05, 3.63) is 22.4 Å². The number of aromatic nitrogens is 1. The smallest absolute Gasteiger partial charge is 0.303 e. The largest absolute Gasteiger partial charge is 0.463 e. The van der Waals surface area contributed by atoms with E-state index in [1.54, 1.807) is 6.07 Å². The molecule has 10 nitrogen and oxygen atoms in total. The van der Waals surface area contributed by atoms with Gasteiger partial charge in [-0.3, -0.25) is 19.4 Å². The lowest BCUT2D eigenvalue weighted by Crippen LogP contribution is -2.59. The zero-order valence-corrected chi connectivity index (χ0v) is 19.3. The van der Waals surface area contributed by atoms with Gasteiger partial charge in [0.25, 0.3) is 0 Å². The van der Waals surface area contributed by atoms with E-state index >= 15 is 0 Å². The van der Waals surface area contributed by atoms with Gasteiger partial charge in [0, 0.05) is 36.3 Å². The molecule has 0 radical (unpaired) electrons. The number of hydrogen-bond acceptors (Lipinski definition) is 11. The third kappa shape index (κ3) is 6.75. The van der Waals surface area contributed by atoms with Crippen LogP contribution in [0.15, 0.2) is 26.6 Å². The molecular formula is C19H20BrN3O7S. The molecule has 12 heteroatoms. The lowest BCUT2D eigenvalue weighted by Gasteiger charge is -2.43. The fourth-order valence-electron chi connectivity index (χ4n) is 2.91. The highest BCUT2D eigenvalue weighted by Crippen LogP contribution is 2.38. The first-order chi connectivity index (χ1) is 14.7. The van der Waals surface area contributed by atoms with E-state index < -0.39 is 47.7 Å². The lowest BCUT2D eigenvalue weighted by atomic mass is 9.97. The molecule has 5 atom stereocenters. The zero-order chi connectivity index (χ0) is 23.1. The van der Waals surface area contributed by atoms with Crippen LogP contribution in [0.4, 0.5) is 0 Å². The minimum absolute atomic E-state index is 0.139. The molecule has 1 aromatic heterocycles. The molecule has 1 saturated heterocycles. The van der Waals surface area contributed by atoms with Crippen LogP contribution in [0.25, 0.3) is 0 Å². The Morgan fingerprint density at radius 3 is 2.45 bits per heavy atom.